The molecule has 0 spiro atoms. The van der Waals surface area contributed by atoms with Crippen LogP contribution < -0.4 is 5.76 Å². The summed E-state index contributed by atoms with van der Waals surface area (Å²) >= 11 is 3.37. The Hall–Kier alpha value is -1.28. The van der Waals surface area contributed by atoms with Gasteiger partial charge in [0.15, 0.2) is 5.58 Å². The predicted molar refractivity (Wildman–Crippen MR) is 70.0 cm³/mol. The fourth-order valence-electron chi connectivity index (χ4n) is 1.70. The molecule has 0 saturated heterocycles. The minimum atomic E-state index is -4.31. The Morgan fingerprint density at radius 3 is 2.85 bits per heavy atom. The lowest BCUT2D eigenvalue weighted by molar-refractivity contribution is -0.174. The Bertz CT molecular complexity index is 635. The van der Waals surface area contributed by atoms with Gasteiger partial charge in [-0.2, -0.15) is 13.2 Å². The Balaban J connectivity index is 1.93. The molecule has 0 aliphatic heterocycles. The summed E-state index contributed by atoms with van der Waals surface area (Å²) in [6.07, 6.45) is -3.94. The van der Waals surface area contributed by atoms with Crippen LogP contribution in [0.5, 0.6) is 0 Å². The van der Waals surface area contributed by atoms with E-state index in [0.29, 0.717) is 17.5 Å². The summed E-state index contributed by atoms with van der Waals surface area (Å²) in [5.74, 6) is -0.545. The van der Waals surface area contributed by atoms with Crippen molar-refractivity contribution in [1.82, 2.24) is 4.98 Å². The van der Waals surface area contributed by atoms with Crippen molar-refractivity contribution in [2.45, 2.75) is 17.4 Å². The van der Waals surface area contributed by atoms with Crippen LogP contribution in [0.25, 0.3) is 11.1 Å². The number of hydrogen-bond acceptors (Lipinski definition) is 3. The third-order valence-electron chi connectivity index (χ3n) is 2.59. The van der Waals surface area contributed by atoms with E-state index in [9.17, 15) is 18.0 Å². The van der Waals surface area contributed by atoms with Gasteiger partial charge in [-0.05, 0) is 24.1 Å². The van der Waals surface area contributed by atoms with Crippen LogP contribution in [0.2, 0.25) is 0 Å². The number of halogens is 4. The smallest absolute Gasteiger partial charge is 0.408 e. The van der Waals surface area contributed by atoms with E-state index in [2.05, 4.69) is 25.7 Å². The maximum absolute atomic E-state index is 11.9. The third-order valence-corrected chi connectivity index (χ3v) is 3.57. The van der Waals surface area contributed by atoms with Gasteiger partial charge in [0, 0.05) is 11.4 Å². The number of aromatic nitrogens is 1. The van der Waals surface area contributed by atoms with Gasteiger partial charge in [0.05, 0.1) is 5.52 Å². The zero-order valence-corrected chi connectivity index (χ0v) is 11.8. The van der Waals surface area contributed by atoms with Crippen molar-refractivity contribution in [1.29, 1.82) is 0 Å². The van der Waals surface area contributed by atoms with E-state index in [1.54, 1.807) is 18.2 Å². The Labute approximate surface area is 120 Å². The minimum Gasteiger partial charge on any atom is -0.408 e. The number of ether oxygens (including phenoxy) is 1. The van der Waals surface area contributed by atoms with E-state index in [1.807, 2.05) is 0 Å². The fourth-order valence-corrected chi connectivity index (χ4v) is 2.17. The molecule has 110 valence electrons. The highest BCUT2D eigenvalue weighted by molar-refractivity contribution is 9.09. The van der Waals surface area contributed by atoms with E-state index < -0.39 is 18.5 Å². The van der Waals surface area contributed by atoms with Gasteiger partial charge in [-0.1, -0.05) is 22.0 Å². The third kappa shape index (κ3) is 4.11. The minimum absolute atomic E-state index is 0.0233. The molecule has 1 unspecified atom stereocenters. The first kappa shape index (κ1) is 15.1. The molecule has 0 bridgehead atoms. The van der Waals surface area contributed by atoms with Crippen LogP contribution in [-0.4, -0.2) is 24.4 Å². The highest BCUT2D eigenvalue weighted by Gasteiger charge is 2.27. The summed E-state index contributed by atoms with van der Waals surface area (Å²) in [6.45, 7) is -1.27. The first-order valence-electron chi connectivity index (χ1n) is 5.76. The molecule has 1 aromatic heterocycles. The van der Waals surface area contributed by atoms with Crippen molar-refractivity contribution in [2.75, 3.05) is 13.2 Å². The molecule has 1 heterocycles. The van der Waals surface area contributed by atoms with Crippen molar-refractivity contribution in [3.63, 3.8) is 0 Å². The van der Waals surface area contributed by atoms with Gasteiger partial charge < -0.3 is 9.15 Å². The van der Waals surface area contributed by atoms with Crippen molar-refractivity contribution in [3.05, 3.63) is 34.3 Å². The topological polar surface area (TPSA) is 55.2 Å². The molecule has 2 rings (SSSR count). The molecular weight excluding hydrogens is 343 g/mol. The normalized spacial score (nSPS) is 13.8. The van der Waals surface area contributed by atoms with Gasteiger partial charge in [-0.3, -0.25) is 4.98 Å². The van der Waals surface area contributed by atoms with Crippen molar-refractivity contribution in [2.24, 2.45) is 0 Å². The molecule has 8 heteroatoms. The number of rotatable bonds is 5. The quantitative estimate of drug-likeness (QED) is 0.660. The van der Waals surface area contributed by atoms with E-state index in [1.165, 1.54) is 0 Å². The molecule has 4 nitrogen and oxygen atoms in total. The van der Waals surface area contributed by atoms with E-state index in [4.69, 9.17) is 4.42 Å². The lowest BCUT2D eigenvalue weighted by Crippen LogP contribution is -2.17. The van der Waals surface area contributed by atoms with Gasteiger partial charge in [0.2, 0.25) is 0 Å². The molecule has 0 radical (unpaired) electrons. The maximum atomic E-state index is 11.9. The van der Waals surface area contributed by atoms with Gasteiger partial charge >= 0.3 is 11.9 Å². The fraction of sp³-hybridized carbons (Fsp3) is 0.417. The lowest BCUT2D eigenvalue weighted by Gasteiger charge is -2.11. The Morgan fingerprint density at radius 2 is 2.15 bits per heavy atom. The summed E-state index contributed by atoms with van der Waals surface area (Å²) in [4.78, 5) is 13.3. The average Bonchev–Trinajstić information content (AvgIpc) is 2.72. The number of aromatic amines is 1. The van der Waals surface area contributed by atoms with Crippen LogP contribution in [0.15, 0.2) is 27.4 Å². The molecular formula is C12H11BrF3NO3. The number of fused-ring (bicyclic) bond motifs is 1. The van der Waals surface area contributed by atoms with Crippen LogP contribution in [0.3, 0.4) is 0 Å². The van der Waals surface area contributed by atoms with E-state index in [-0.39, 0.29) is 11.4 Å². The molecule has 1 N–H and O–H groups in total. The second kappa shape index (κ2) is 6.01. The second-order valence-electron chi connectivity index (χ2n) is 4.19. The molecule has 0 aliphatic carbocycles. The number of hydrogen-bond donors (Lipinski definition) is 1. The van der Waals surface area contributed by atoms with E-state index >= 15 is 0 Å². The maximum Gasteiger partial charge on any atom is 0.417 e. The highest BCUT2D eigenvalue weighted by Crippen LogP contribution is 2.28. The largest absolute Gasteiger partial charge is 0.417 e. The summed E-state index contributed by atoms with van der Waals surface area (Å²) in [7, 11) is 0. The zero-order chi connectivity index (χ0) is 14.8. The van der Waals surface area contributed by atoms with Gasteiger partial charge in [-0.25, -0.2) is 4.79 Å². The van der Waals surface area contributed by atoms with Gasteiger partial charge in [0.1, 0.15) is 6.61 Å². The molecule has 1 aromatic carbocycles. The van der Waals surface area contributed by atoms with Crippen molar-refractivity contribution in [3.8, 4) is 0 Å². The first-order valence-corrected chi connectivity index (χ1v) is 6.68. The van der Waals surface area contributed by atoms with Crippen molar-refractivity contribution < 1.29 is 22.3 Å². The summed E-state index contributed by atoms with van der Waals surface area (Å²) in [6, 6.07) is 5.10. The SMILES string of the molecule is O=c1[nH]c2ccc(C(Br)CCOCC(F)(F)F)cc2o1. The number of benzene rings is 1. The van der Waals surface area contributed by atoms with E-state index in [0.717, 1.165) is 5.56 Å². The standard InChI is InChI=1S/C12H11BrF3NO3/c13-8(3-4-19-6-12(14,15)16)7-1-2-9-10(5-7)20-11(18)17-9/h1-2,5,8H,3-4,6H2,(H,17,18). The summed E-state index contributed by atoms with van der Waals surface area (Å²) < 4.78 is 45.2. The number of nitrogens with one attached hydrogen (secondary N) is 1. The molecule has 0 fully saturated rings. The molecule has 1 atom stereocenters. The second-order valence-corrected chi connectivity index (χ2v) is 5.30. The monoisotopic (exact) mass is 353 g/mol. The molecule has 2 aromatic rings. The Morgan fingerprint density at radius 1 is 1.40 bits per heavy atom. The summed E-state index contributed by atoms with van der Waals surface area (Å²) in [5.41, 5.74) is 1.79. The van der Waals surface area contributed by atoms with Crippen LogP contribution in [0.4, 0.5) is 13.2 Å². The van der Waals surface area contributed by atoms with Crippen molar-refractivity contribution >= 4 is 27.0 Å². The molecule has 0 aliphatic rings. The first-order chi connectivity index (χ1) is 9.35. The molecule has 20 heavy (non-hydrogen) atoms. The van der Waals surface area contributed by atoms with Crippen LogP contribution in [0, 0.1) is 0 Å². The Kier molecular flexibility index (Phi) is 4.54. The van der Waals surface area contributed by atoms with Crippen LogP contribution in [-0.2, 0) is 4.74 Å². The zero-order valence-electron chi connectivity index (χ0n) is 10.2. The number of H-pyrrole nitrogens is 1. The number of oxazole rings is 1. The van der Waals surface area contributed by atoms with Crippen LogP contribution >= 0.6 is 15.9 Å². The van der Waals surface area contributed by atoms with Gasteiger partial charge in [-0.15, -0.1) is 0 Å². The highest BCUT2D eigenvalue weighted by atomic mass is 79.9. The van der Waals surface area contributed by atoms with Gasteiger partial charge in [0.25, 0.3) is 0 Å². The molecule has 0 saturated carbocycles. The molecule has 0 amide bonds. The average molecular weight is 354 g/mol. The summed E-state index contributed by atoms with van der Waals surface area (Å²) in [5, 5.41) is 0. The van der Waals surface area contributed by atoms with Crippen LogP contribution in [0.1, 0.15) is 16.8 Å². The number of alkyl halides is 4. The lowest BCUT2D eigenvalue weighted by atomic mass is 10.1. The predicted octanol–water partition coefficient (Wildman–Crippen LogP) is 3.53.